The Morgan fingerprint density at radius 1 is 1.17 bits per heavy atom. The Morgan fingerprint density at radius 2 is 1.92 bits per heavy atom. The molecule has 2 aromatic carbocycles. The van der Waals surface area contributed by atoms with Gasteiger partial charge in [-0.3, -0.25) is 4.79 Å². The van der Waals surface area contributed by atoms with Crippen LogP contribution in [0.15, 0.2) is 42.5 Å². The van der Waals surface area contributed by atoms with E-state index in [1.807, 2.05) is 0 Å². The first-order valence-electron chi connectivity index (χ1n) is 7.33. The molecule has 1 amide bonds. The quantitative estimate of drug-likeness (QED) is 0.827. The van der Waals surface area contributed by atoms with Crippen LogP contribution in [0.2, 0.25) is 0 Å². The standard InChI is InChI=1S/C18H18FNO4/c1-12-7-8-13(18(22)23-2)9-16(12)24-11-17(21)20-10-14-5-3-4-6-15(14)19/h3-9H,10-11H2,1-2H3,(H,20,21). The van der Waals surface area contributed by atoms with Gasteiger partial charge in [-0.2, -0.15) is 0 Å². The molecule has 0 saturated carbocycles. The van der Waals surface area contributed by atoms with Crippen LogP contribution in [-0.2, 0) is 16.1 Å². The summed E-state index contributed by atoms with van der Waals surface area (Å²) in [5.41, 5.74) is 1.52. The Bertz CT molecular complexity index is 746. The lowest BCUT2D eigenvalue weighted by atomic mass is 10.1. The molecule has 24 heavy (non-hydrogen) atoms. The minimum absolute atomic E-state index is 0.0794. The van der Waals surface area contributed by atoms with E-state index in [0.717, 1.165) is 5.56 Å². The first-order chi connectivity index (χ1) is 11.5. The van der Waals surface area contributed by atoms with Crippen molar-refractivity contribution in [2.45, 2.75) is 13.5 Å². The van der Waals surface area contributed by atoms with Crippen molar-refractivity contribution in [3.05, 3.63) is 65.0 Å². The molecule has 0 heterocycles. The summed E-state index contributed by atoms with van der Waals surface area (Å²) in [5, 5.41) is 2.58. The molecule has 0 aromatic heterocycles. The number of halogens is 1. The Balaban J connectivity index is 1.92. The van der Waals surface area contributed by atoms with Crippen LogP contribution in [0.3, 0.4) is 0 Å². The van der Waals surface area contributed by atoms with Crippen LogP contribution in [0, 0.1) is 12.7 Å². The van der Waals surface area contributed by atoms with E-state index in [9.17, 15) is 14.0 Å². The van der Waals surface area contributed by atoms with Gasteiger partial charge < -0.3 is 14.8 Å². The zero-order valence-corrected chi connectivity index (χ0v) is 13.5. The predicted molar refractivity (Wildman–Crippen MR) is 86.3 cm³/mol. The van der Waals surface area contributed by atoms with Crippen molar-refractivity contribution in [1.82, 2.24) is 5.32 Å². The summed E-state index contributed by atoms with van der Waals surface area (Å²) in [6.07, 6.45) is 0. The van der Waals surface area contributed by atoms with Crippen LogP contribution in [0.25, 0.3) is 0 Å². The summed E-state index contributed by atoms with van der Waals surface area (Å²) in [6, 6.07) is 11.1. The van der Waals surface area contributed by atoms with Crippen LogP contribution in [0.5, 0.6) is 5.75 Å². The highest BCUT2D eigenvalue weighted by molar-refractivity contribution is 5.90. The third kappa shape index (κ3) is 4.55. The summed E-state index contributed by atoms with van der Waals surface area (Å²) in [5.74, 6) is -0.829. The summed E-state index contributed by atoms with van der Waals surface area (Å²) >= 11 is 0. The van der Waals surface area contributed by atoms with E-state index in [1.165, 1.54) is 19.2 Å². The molecule has 2 aromatic rings. The first-order valence-corrected chi connectivity index (χ1v) is 7.33. The van der Waals surface area contributed by atoms with Crippen LogP contribution >= 0.6 is 0 Å². The normalized spacial score (nSPS) is 10.1. The average molecular weight is 331 g/mol. The number of hydrogen-bond acceptors (Lipinski definition) is 4. The summed E-state index contributed by atoms with van der Waals surface area (Å²) in [6.45, 7) is 1.64. The number of benzene rings is 2. The number of esters is 1. The number of rotatable bonds is 6. The molecule has 0 atom stereocenters. The molecule has 0 saturated heterocycles. The van der Waals surface area contributed by atoms with Crippen molar-refractivity contribution >= 4 is 11.9 Å². The summed E-state index contributed by atoms with van der Waals surface area (Å²) in [7, 11) is 1.29. The van der Waals surface area contributed by atoms with Gasteiger partial charge in [0.15, 0.2) is 6.61 Å². The van der Waals surface area contributed by atoms with Crippen molar-refractivity contribution in [3.63, 3.8) is 0 Å². The third-order valence-corrected chi connectivity index (χ3v) is 3.40. The second-order valence-corrected chi connectivity index (χ2v) is 5.13. The zero-order valence-electron chi connectivity index (χ0n) is 13.5. The summed E-state index contributed by atoms with van der Waals surface area (Å²) < 4.78 is 23.6. The second-order valence-electron chi connectivity index (χ2n) is 5.13. The lowest BCUT2D eigenvalue weighted by Gasteiger charge is -2.11. The van der Waals surface area contributed by atoms with E-state index in [2.05, 4.69) is 10.1 Å². The van der Waals surface area contributed by atoms with Crippen molar-refractivity contribution in [2.75, 3.05) is 13.7 Å². The van der Waals surface area contributed by atoms with Gasteiger partial charge in [-0.05, 0) is 30.7 Å². The number of nitrogens with one attached hydrogen (secondary N) is 1. The van der Waals surface area contributed by atoms with Crippen molar-refractivity contribution in [2.24, 2.45) is 0 Å². The van der Waals surface area contributed by atoms with E-state index in [1.54, 1.807) is 37.3 Å². The maximum Gasteiger partial charge on any atom is 0.337 e. The topological polar surface area (TPSA) is 64.6 Å². The van der Waals surface area contributed by atoms with E-state index in [4.69, 9.17) is 4.74 Å². The molecular weight excluding hydrogens is 313 g/mol. The van der Waals surface area contributed by atoms with Crippen LogP contribution < -0.4 is 10.1 Å². The molecule has 126 valence electrons. The molecule has 0 fully saturated rings. The molecule has 6 heteroatoms. The largest absolute Gasteiger partial charge is 0.483 e. The fourth-order valence-corrected chi connectivity index (χ4v) is 2.03. The number of methoxy groups -OCH3 is 1. The monoisotopic (exact) mass is 331 g/mol. The number of carbonyl (C=O) groups excluding carboxylic acids is 2. The number of amides is 1. The van der Waals surface area contributed by atoms with E-state index < -0.39 is 5.97 Å². The highest BCUT2D eigenvalue weighted by atomic mass is 19.1. The van der Waals surface area contributed by atoms with Crippen LogP contribution in [-0.4, -0.2) is 25.6 Å². The van der Waals surface area contributed by atoms with Crippen molar-refractivity contribution in [3.8, 4) is 5.75 Å². The molecule has 0 bridgehead atoms. The molecule has 1 N–H and O–H groups in total. The summed E-state index contributed by atoms with van der Waals surface area (Å²) in [4.78, 5) is 23.4. The van der Waals surface area contributed by atoms with E-state index in [0.29, 0.717) is 16.9 Å². The zero-order chi connectivity index (χ0) is 17.5. The van der Waals surface area contributed by atoms with E-state index in [-0.39, 0.29) is 24.9 Å². The smallest absolute Gasteiger partial charge is 0.337 e. The number of ether oxygens (including phenoxy) is 2. The van der Waals surface area contributed by atoms with E-state index >= 15 is 0 Å². The minimum atomic E-state index is -0.483. The predicted octanol–water partition coefficient (Wildman–Crippen LogP) is 2.62. The van der Waals surface area contributed by atoms with Gasteiger partial charge in [0.1, 0.15) is 11.6 Å². The number of aryl methyl sites for hydroxylation is 1. The minimum Gasteiger partial charge on any atom is -0.483 e. The number of hydrogen-bond donors (Lipinski definition) is 1. The highest BCUT2D eigenvalue weighted by Gasteiger charge is 2.11. The number of carbonyl (C=O) groups is 2. The fraction of sp³-hybridized carbons (Fsp3) is 0.222. The molecule has 0 spiro atoms. The molecule has 5 nitrogen and oxygen atoms in total. The lowest BCUT2D eigenvalue weighted by molar-refractivity contribution is -0.123. The Kier molecular flexibility index (Phi) is 5.89. The molecule has 0 aliphatic carbocycles. The Hall–Kier alpha value is -2.89. The van der Waals surface area contributed by atoms with Gasteiger partial charge in [0.05, 0.1) is 12.7 Å². The molecule has 0 aliphatic rings. The Labute approximate surface area is 139 Å². The highest BCUT2D eigenvalue weighted by Crippen LogP contribution is 2.20. The average Bonchev–Trinajstić information content (AvgIpc) is 2.59. The van der Waals surface area contributed by atoms with Crippen LogP contribution in [0.1, 0.15) is 21.5 Å². The fourth-order valence-electron chi connectivity index (χ4n) is 2.03. The van der Waals surface area contributed by atoms with Gasteiger partial charge in [0, 0.05) is 12.1 Å². The molecule has 0 aliphatic heterocycles. The van der Waals surface area contributed by atoms with Crippen LogP contribution in [0.4, 0.5) is 4.39 Å². The van der Waals surface area contributed by atoms with Gasteiger partial charge in [-0.1, -0.05) is 24.3 Å². The van der Waals surface area contributed by atoms with Crippen molar-refractivity contribution in [1.29, 1.82) is 0 Å². The molecular formula is C18H18FNO4. The molecule has 0 unspecified atom stereocenters. The Morgan fingerprint density at radius 3 is 2.62 bits per heavy atom. The SMILES string of the molecule is COC(=O)c1ccc(C)c(OCC(=O)NCc2ccccc2F)c1. The maximum absolute atomic E-state index is 13.5. The van der Waals surface area contributed by atoms with Crippen molar-refractivity contribution < 1.29 is 23.5 Å². The van der Waals surface area contributed by atoms with Gasteiger partial charge in [-0.15, -0.1) is 0 Å². The molecule has 0 radical (unpaired) electrons. The lowest BCUT2D eigenvalue weighted by Crippen LogP contribution is -2.28. The van der Waals surface area contributed by atoms with Gasteiger partial charge >= 0.3 is 5.97 Å². The third-order valence-electron chi connectivity index (χ3n) is 3.40. The van der Waals surface area contributed by atoms with Gasteiger partial charge in [0.25, 0.3) is 5.91 Å². The second kappa shape index (κ2) is 8.10. The maximum atomic E-state index is 13.5. The first kappa shape index (κ1) is 17.5. The van der Waals surface area contributed by atoms with Gasteiger partial charge in [-0.25, -0.2) is 9.18 Å². The molecule has 2 rings (SSSR count). The van der Waals surface area contributed by atoms with Gasteiger partial charge in [0.2, 0.25) is 0 Å².